The van der Waals surface area contributed by atoms with E-state index in [2.05, 4.69) is 28.7 Å². The summed E-state index contributed by atoms with van der Waals surface area (Å²) >= 11 is 0. The quantitative estimate of drug-likeness (QED) is 0.495. The molecule has 0 amide bonds. The molecule has 1 saturated heterocycles. The zero-order valence-corrected chi connectivity index (χ0v) is 22.5. The standard InChI is InChI=1S/C25H34N6O5S/c1-16-9-18(10-17(2)36-16)14-30-15-20(13-27-30)31-23-6-8-35-7-5-21(23)24(28-31)19-11-22(29-37(4,32)33)25(34-3)26-12-19/h11-13,15-18,29H,5-10,14H2,1-4H3/t16-,17+,18?. The molecule has 1 fully saturated rings. The number of hydrogen-bond donors (Lipinski definition) is 1. The summed E-state index contributed by atoms with van der Waals surface area (Å²) in [4.78, 5) is 4.34. The van der Waals surface area contributed by atoms with Gasteiger partial charge in [-0.1, -0.05) is 0 Å². The van der Waals surface area contributed by atoms with Gasteiger partial charge in [-0.3, -0.25) is 9.40 Å². The molecule has 2 aliphatic heterocycles. The van der Waals surface area contributed by atoms with E-state index in [9.17, 15) is 8.42 Å². The van der Waals surface area contributed by atoms with Gasteiger partial charge < -0.3 is 14.2 Å². The number of nitrogens with one attached hydrogen (secondary N) is 1. The number of rotatable bonds is 7. The Hall–Kier alpha value is -2.96. The van der Waals surface area contributed by atoms with E-state index in [1.807, 2.05) is 21.8 Å². The van der Waals surface area contributed by atoms with Gasteiger partial charge in [0.05, 0.1) is 62.6 Å². The molecule has 2 aliphatic rings. The molecule has 11 nitrogen and oxygen atoms in total. The van der Waals surface area contributed by atoms with Crippen LogP contribution in [-0.4, -0.2) is 71.8 Å². The van der Waals surface area contributed by atoms with Gasteiger partial charge in [-0.05, 0) is 45.1 Å². The number of anilines is 1. The van der Waals surface area contributed by atoms with E-state index >= 15 is 0 Å². The first-order chi connectivity index (χ1) is 17.7. The van der Waals surface area contributed by atoms with Gasteiger partial charge in [0.25, 0.3) is 0 Å². The van der Waals surface area contributed by atoms with Crippen LogP contribution in [0.2, 0.25) is 0 Å². The predicted molar refractivity (Wildman–Crippen MR) is 139 cm³/mol. The summed E-state index contributed by atoms with van der Waals surface area (Å²) < 4.78 is 47.2. The van der Waals surface area contributed by atoms with Crippen LogP contribution in [-0.2, 0) is 38.9 Å². The van der Waals surface area contributed by atoms with E-state index in [1.165, 1.54) is 7.11 Å². The number of nitrogens with zero attached hydrogens (tertiary/aromatic N) is 5. The number of pyridine rings is 1. The van der Waals surface area contributed by atoms with Gasteiger partial charge in [-0.25, -0.2) is 18.1 Å². The Balaban J connectivity index is 1.50. The van der Waals surface area contributed by atoms with Crippen molar-refractivity contribution in [2.75, 3.05) is 31.3 Å². The van der Waals surface area contributed by atoms with E-state index in [1.54, 1.807) is 12.3 Å². The van der Waals surface area contributed by atoms with Gasteiger partial charge in [0.15, 0.2) is 0 Å². The maximum Gasteiger partial charge on any atom is 0.238 e. The summed E-state index contributed by atoms with van der Waals surface area (Å²) in [6, 6.07) is 1.71. The van der Waals surface area contributed by atoms with Gasteiger partial charge in [-0.2, -0.15) is 10.2 Å². The zero-order chi connectivity index (χ0) is 26.2. The second kappa shape index (κ2) is 10.4. The van der Waals surface area contributed by atoms with Crippen molar-refractivity contribution in [3.8, 4) is 22.8 Å². The van der Waals surface area contributed by atoms with Gasteiger partial charge in [0.1, 0.15) is 11.4 Å². The molecule has 37 heavy (non-hydrogen) atoms. The number of fused-ring (bicyclic) bond motifs is 1. The highest BCUT2D eigenvalue weighted by atomic mass is 32.2. The van der Waals surface area contributed by atoms with Gasteiger partial charge in [0, 0.05) is 30.3 Å². The van der Waals surface area contributed by atoms with Crippen molar-refractivity contribution >= 4 is 15.7 Å². The molecule has 12 heteroatoms. The van der Waals surface area contributed by atoms with Crippen molar-refractivity contribution in [1.82, 2.24) is 24.5 Å². The fraction of sp³-hybridized carbons (Fsp3) is 0.560. The Morgan fingerprint density at radius 2 is 1.92 bits per heavy atom. The Kier molecular flexibility index (Phi) is 7.24. The minimum absolute atomic E-state index is 0.195. The summed E-state index contributed by atoms with van der Waals surface area (Å²) in [5.41, 5.74) is 4.72. The van der Waals surface area contributed by atoms with Gasteiger partial charge in [-0.15, -0.1) is 0 Å². The molecule has 0 spiro atoms. The topological polar surface area (TPSA) is 122 Å². The molecule has 5 rings (SSSR count). The Morgan fingerprint density at radius 1 is 1.16 bits per heavy atom. The molecule has 200 valence electrons. The number of aromatic nitrogens is 5. The fourth-order valence-corrected chi connectivity index (χ4v) is 5.98. The lowest BCUT2D eigenvalue weighted by Crippen LogP contribution is -2.31. The summed E-state index contributed by atoms with van der Waals surface area (Å²) in [5, 5.41) is 9.63. The van der Waals surface area contributed by atoms with E-state index < -0.39 is 10.0 Å². The largest absolute Gasteiger partial charge is 0.480 e. The Bertz CT molecular complexity index is 1360. The molecule has 0 aliphatic carbocycles. The normalized spacial score (nSPS) is 22.3. The maximum atomic E-state index is 11.9. The monoisotopic (exact) mass is 530 g/mol. The summed E-state index contributed by atoms with van der Waals surface area (Å²) in [6.07, 6.45) is 10.6. The zero-order valence-electron chi connectivity index (χ0n) is 21.7. The summed E-state index contributed by atoms with van der Waals surface area (Å²) in [7, 11) is -2.07. The lowest BCUT2D eigenvalue weighted by atomic mass is 9.93. The molecule has 0 bridgehead atoms. The minimum atomic E-state index is -3.52. The second-order valence-corrected chi connectivity index (χ2v) is 11.7. The van der Waals surface area contributed by atoms with E-state index in [-0.39, 0.29) is 23.8 Å². The number of sulfonamides is 1. The molecule has 0 aromatic carbocycles. The first kappa shape index (κ1) is 25.7. The lowest BCUT2D eigenvalue weighted by Gasteiger charge is -2.31. The van der Waals surface area contributed by atoms with Crippen LogP contribution >= 0.6 is 0 Å². The highest BCUT2D eigenvalue weighted by Gasteiger charge is 2.26. The van der Waals surface area contributed by atoms with E-state index in [0.717, 1.165) is 48.3 Å². The van der Waals surface area contributed by atoms with Crippen LogP contribution in [0.3, 0.4) is 0 Å². The van der Waals surface area contributed by atoms with Crippen molar-refractivity contribution in [3.05, 3.63) is 35.9 Å². The summed E-state index contributed by atoms with van der Waals surface area (Å²) in [5.74, 6) is 0.706. The molecule has 1 unspecified atom stereocenters. The average Bonchev–Trinajstić information content (AvgIpc) is 3.34. The van der Waals surface area contributed by atoms with Crippen LogP contribution in [0.15, 0.2) is 24.7 Å². The Morgan fingerprint density at radius 3 is 2.65 bits per heavy atom. The van der Waals surface area contributed by atoms with Crippen LogP contribution in [0.5, 0.6) is 5.88 Å². The number of methoxy groups -OCH3 is 1. The van der Waals surface area contributed by atoms with Crippen molar-refractivity contribution in [2.24, 2.45) is 5.92 Å². The molecule has 3 atom stereocenters. The highest BCUT2D eigenvalue weighted by Crippen LogP contribution is 2.34. The van der Waals surface area contributed by atoms with Crippen LogP contribution in [0.4, 0.5) is 5.69 Å². The van der Waals surface area contributed by atoms with Crippen molar-refractivity contribution < 1.29 is 22.6 Å². The maximum absolute atomic E-state index is 11.9. The third kappa shape index (κ3) is 5.81. The van der Waals surface area contributed by atoms with Crippen LogP contribution in [0, 0.1) is 5.92 Å². The first-order valence-corrected chi connectivity index (χ1v) is 14.5. The fourth-order valence-electron chi connectivity index (χ4n) is 5.43. The molecule has 0 radical (unpaired) electrons. The third-order valence-corrected chi connectivity index (χ3v) is 7.38. The highest BCUT2D eigenvalue weighted by molar-refractivity contribution is 7.92. The molecule has 3 aromatic rings. The van der Waals surface area contributed by atoms with Crippen LogP contribution in [0.25, 0.3) is 16.9 Å². The van der Waals surface area contributed by atoms with Crippen molar-refractivity contribution in [2.45, 2.75) is 58.3 Å². The van der Waals surface area contributed by atoms with Crippen molar-refractivity contribution in [1.29, 1.82) is 0 Å². The summed E-state index contributed by atoms with van der Waals surface area (Å²) in [6.45, 7) is 6.28. The predicted octanol–water partition coefficient (Wildman–Crippen LogP) is 2.83. The molecule has 0 saturated carbocycles. The van der Waals surface area contributed by atoms with E-state index in [0.29, 0.717) is 37.5 Å². The first-order valence-electron chi connectivity index (χ1n) is 12.6. The van der Waals surface area contributed by atoms with Gasteiger partial charge in [0.2, 0.25) is 15.9 Å². The van der Waals surface area contributed by atoms with Crippen LogP contribution < -0.4 is 9.46 Å². The Labute approximate surface area is 217 Å². The smallest absolute Gasteiger partial charge is 0.238 e. The lowest BCUT2D eigenvalue weighted by molar-refractivity contribution is -0.0553. The van der Waals surface area contributed by atoms with E-state index in [4.69, 9.17) is 19.3 Å². The van der Waals surface area contributed by atoms with Crippen molar-refractivity contribution in [3.63, 3.8) is 0 Å². The molecule has 5 heterocycles. The van der Waals surface area contributed by atoms with Crippen LogP contribution in [0.1, 0.15) is 37.9 Å². The van der Waals surface area contributed by atoms with Gasteiger partial charge >= 0.3 is 0 Å². The SMILES string of the molecule is COc1ncc(-c2nn(-c3cnn(CC4C[C@@H](C)O[C@@H](C)C4)c3)c3c2CCOCC3)cc1NS(C)(=O)=O. The minimum Gasteiger partial charge on any atom is -0.480 e. The third-order valence-electron chi connectivity index (χ3n) is 6.79. The molecule has 1 N–H and O–H groups in total. The number of hydrogen-bond acceptors (Lipinski definition) is 8. The molecular weight excluding hydrogens is 496 g/mol. The molecule has 3 aromatic heterocycles. The number of ether oxygens (including phenoxy) is 3. The average molecular weight is 531 g/mol. The second-order valence-electron chi connectivity index (χ2n) is 9.97. The molecular formula is C25H34N6O5S.